The molecule has 0 aromatic heterocycles. The molecular formula is C15H28N2O. The summed E-state index contributed by atoms with van der Waals surface area (Å²) < 4.78 is 0. The van der Waals surface area contributed by atoms with Crippen molar-refractivity contribution >= 4 is 5.91 Å². The monoisotopic (exact) mass is 252 g/mol. The first kappa shape index (κ1) is 13.9. The van der Waals surface area contributed by atoms with Crippen molar-refractivity contribution in [3.63, 3.8) is 0 Å². The normalized spacial score (nSPS) is 26.8. The zero-order valence-electron chi connectivity index (χ0n) is 12.2. The Labute approximate surface area is 111 Å². The summed E-state index contributed by atoms with van der Waals surface area (Å²) >= 11 is 0. The van der Waals surface area contributed by atoms with E-state index in [0.717, 1.165) is 38.8 Å². The lowest BCUT2D eigenvalue weighted by Gasteiger charge is -2.36. The fraction of sp³-hybridized carbons (Fsp3) is 0.933. The van der Waals surface area contributed by atoms with Crippen molar-refractivity contribution in [1.82, 2.24) is 10.2 Å². The molecule has 1 N–H and O–H groups in total. The first-order chi connectivity index (χ1) is 8.55. The van der Waals surface area contributed by atoms with Gasteiger partial charge in [-0.1, -0.05) is 26.7 Å². The number of rotatable bonds is 4. The summed E-state index contributed by atoms with van der Waals surface area (Å²) in [6.45, 7) is 6.51. The summed E-state index contributed by atoms with van der Waals surface area (Å²) in [7, 11) is 2.01. The number of hydrogen-bond donors (Lipinski definition) is 1. The minimum Gasteiger partial charge on any atom is -0.341 e. The van der Waals surface area contributed by atoms with E-state index in [9.17, 15) is 4.79 Å². The van der Waals surface area contributed by atoms with E-state index in [1.165, 1.54) is 12.8 Å². The highest BCUT2D eigenvalue weighted by Gasteiger charge is 2.44. The second-order valence-corrected chi connectivity index (χ2v) is 6.65. The molecule has 0 aromatic rings. The molecule has 0 aromatic carbocycles. The zero-order valence-corrected chi connectivity index (χ0v) is 12.2. The molecule has 104 valence electrons. The number of hydrogen-bond acceptors (Lipinski definition) is 2. The number of carbonyl (C=O) groups is 1. The molecule has 1 heterocycles. The van der Waals surface area contributed by atoms with Crippen molar-refractivity contribution in [2.45, 2.75) is 58.4 Å². The molecule has 1 atom stereocenters. The third-order valence-electron chi connectivity index (χ3n) is 4.72. The van der Waals surface area contributed by atoms with Crippen molar-refractivity contribution in [2.24, 2.45) is 11.3 Å². The minimum absolute atomic E-state index is 0.0362. The lowest BCUT2D eigenvalue weighted by molar-refractivity contribution is -0.143. The Kier molecular flexibility index (Phi) is 4.31. The number of nitrogens with zero attached hydrogens (tertiary/aromatic N) is 1. The Morgan fingerprint density at radius 3 is 2.56 bits per heavy atom. The lowest BCUT2D eigenvalue weighted by atomic mass is 9.77. The predicted molar refractivity (Wildman–Crippen MR) is 74.4 cm³/mol. The van der Waals surface area contributed by atoms with E-state index in [1.807, 2.05) is 11.9 Å². The summed E-state index contributed by atoms with van der Waals surface area (Å²) in [4.78, 5) is 14.9. The van der Waals surface area contributed by atoms with E-state index in [0.29, 0.717) is 17.9 Å². The molecule has 18 heavy (non-hydrogen) atoms. The fourth-order valence-electron chi connectivity index (χ4n) is 3.85. The Hall–Kier alpha value is -0.570. The van der Waals surface area contributed by atoms with Gasteiger partial charge in [0.15, 0.2) is 0 Å². The Morgan fingerprint density at radius 2 is 2.06 bits per heavy atom. The summed E-state index contributed by atoms with van der Waals surface area (Å²) in [6.07, 6.45) is 6.85. The van der Waals surface area contributed by atoms with Crippen LogP contribution < -0.4 is 5.32 Å². The summed E-state index contributed by atoms with van der Waals surface area (Å²) in [6, 6.07) is 0.419. The van der Waals surface area contributed by atoms with Crippen LogP contribution in [0.4, 0.5) is 0 Å². The van der Waals surface area contributed by atoms with E-state index in [-0.39, 0.29) is 5.41 Å². The highest BCUT2D eigenvalue weighted by molar-refractivity contribution is 5.83. The molecule has 1 aliphatic heterocycles. The third-order valence-corrected chi connectivity index (χ3v) is 4.72. The molecule has 2 aliphatic rings. The van der Waals surface area contributed by atoms with Crippen molar-refractivity contribution in [2.75, 3.05) is 20.1 Å². The first-order valence-corrected chi connectivity index (χ1v) is 7.53. The van der Waals surface area contributed by atoms with Gasteiger partial charge in [0.1, 0.15) is 0 Å². The molecule has 2 rings (SSSR count). The third kappa shape index (κ3) is 2.71. The SMILES string of the molecule is CC(C)CC1(C(=O)N(C)C2CCNC2)CCCC1. The van der Waals surface area contributed by atoms with Gasteiger partial charge in [-0.15, -0.1) is 0 Å². The molecule has 3 heteroatoms. The molecule has 0 spiro atoms. The zero-order chi connectivity index (χ0) is 13.2. The molecule has 1 aliphatic carbocycles. The maximum atomic E-state index is 12.9. The number of nitrogens with one attached hydrogen (secondary N) is 1. The van der Waals surface area contributed by atoms with Crippen molar-refractivity contribution in [3.05, 3.63) is 0 Å². The minimum atomic E-state index is -0.0362. The molecular weight excluding hydrogens is 224 g/mol. The van der Waals surface area contributed by atoms with E-state index in [1.54, 1.807) is 0 Å². The first-order valence-electron chi connectivity index (χ1n) is 7.53. The summed E-state index contributed by atoms with van der Waals surface area (Å²) in [5.74, 6) is 1.03. The van der Waals surface area contributed by atoms with Crippen LogP contribution in [0.3, 0.4) is 0 Å². The van der Waals surface area contributed by atoms with Gasteiger partial charge >= 0.3 is 0 Å². The van der Waals surface area contributed by atoms with Crippen molar-refractivity contribution in [3.8, 4) is 0 Å². The smallest absolute Gasteiger partial charge is 0.228 e. The second kappa shape index (κ2) is 5.60. The molecule has 2 fully saturated rings. The van der Waals surface area contributed by atoms with Gasteiger partial charge in [0, 0.05) is 25.0 Å². The molecule has 0 radical (unpaired) electrons. The fourth-order valence-corrected chi connectivity index (χ4v) is 3.85. The standard InChI is InChI=1S/C15H28N2O/c1-12(2)10-15(7-4-5-8-15)14(18)17(3)13-6-9-16-11-13/h12-13,16H,4-11H2,1-3H3. The van der Waals surface area contributed by atoms with E-state index >= 15 is 0 Å². The van der Waals surface area contributed by atoms with Gasteiger partial charge in [-0.2, -0.15) is 0 Å². The van der Waals surface area contributed by atoms with Crippen LogP contribution in [0.1, 0.15) is 52.4 Å². The Morgan fingerprint density at radius 1 is 1.39 bits per heavy atom. The van der Waals surface area contributed by atoms with Crippen LogP contribution in [0.15, 0.2) is 0 Å². The van der Waals surface area contributed by atoms with Crippen LogP contribution in [-0.4, -0.2) is 37.0 Å². The molecule has 0 bridgehead atoms. The highest BCUT2D eigenvalue weighted by atomic mass is 16.2. The second-order valence-electron chi connectivity index (χ2n) is 6.65. The summed E-state index contributed by atoms with van der Waals surface area (Å²) in [5, 5.41) is 3.36. The number of carbonyl (C=O) groups excluding carboxylic acids is 1. The highest BCUT2D eigenvalue weighted by Crippen LogP contribution is 2.44. The van der Waals surface area contributed by atoms with Crippen molar-refractivity contribution in [1.29, 1.82) is 0 Å². The van der Waals surface area contributed by atoms with E-state index in [2.05, 4.69) is 19.2 Å². The van der Waals surface area contributed by atoms with Crippen molar-refractivity contribution < 1.29 is 4.79 Å². The van der Waals surface area contributed by atoms with Gasteiger partial charge < -0.3 is 10.2 Å². The van der Waals surface area contributed by atoms with Crippen LogP contribution in [-0.2, 0) is 4.79 Å². The Balaban J connectivity index is 2.07. The maximum Gasteiger partial charge on any atom is 0.228 e. The lowest BCUT2D eigenvalue weighted by Crippen LogP contribution is -2.47. The maximum absolute atomic E-state index is 12.9. The molecule has 1 unspecified atom stereocenters. The van der Waals surface area contributed by atoms with Gasteiger partial charge in [-0.05, 0) is 38.1 Å². The van der Waals surface area contributed by atoms with Crippen LogP contribution in [0, 0.1) is 11.3 Å². The predicted octanol–water partition coefficient (Wildman–Crippen LogP) is 2.41. The van der Waals surface area contributed by atoms with Gasteiger partial charge in [-0.3, -0.25) is 4.79 Å². The Bertz CT molecular complexity index is 289. The van der Waals surface area contributed by atoms with E-state index < -0.39 is 0 Å². The number of likely N-dealkylation sites (N-methyl/N-ethyl adjacent to an activating group) is 1. The van der Waals surface area contributed by atoms with Gasteiger partial charge in [0.2, 0.25) is 5.91 Å². The average Bonchev–Trinajstić information content (AvgIpc) is 2.97. The summed E-state index contributed by atoms with van der Waals surface area (Å²) in [5.41, 5.74) is -0.0362. The van der Waals surface area contributed by atoms with Crippen LogP contribution in [0.5, 0.6) is 0 Å². The van der Waals surface area contributed by atoms with Crippen LogP contribution in [0.25, 0.3) is 0 Å². The van der Waals surface area contributed by atoms with Gasteiger partial charge in [-0.25, -0.2) is 0 Å². The molecule has 1 amide bonds. The quantitative estimate of drug-likeness (QED) is 0.833. The largest absolute Gasteiger partial charge is 0.341 e. The average molecular weight is 252 g/mol. The van der Waals surface area contributed by atoms with Gasteiger partial charge in [0.25, 0.3) is 0 Å². The molecule has 1 saturated heterocycles. The van der Waals surface area contributed by atoms with E-state index in [4.69, 9.17) is 0 Å². The topological polar surface area (TPSA) is 32.3 Å². The van der Waals surface area contributed by atoms with Crippen LogP contribution >= 0.6 is 0 Å². The molecule has 1 saturated carbocycles. The van der Waals surface area contributed by atoms with Gasteiger partial charge in [0.05, 0.1) is 0 Å². The molecule has 3 nitrogen and oxygen atoms in total. The number of amides is 1. The van der Waals surface area contributed by atoms with Crippen LogP contribution in [0.2, 0.25) is 0 Å².